The average Bonchev–Trinajstić information content (AvgIpc) is 2.83. The van der Waals surface area contributed by atoms with E-state index in [-0.39, 0.29) is 18.6 Å². The van der Waals surface area contributed by atoms with Gasteiger partial charge in [-0.15, -0.1) is 11.3 Å². The number of likely N-dealkylation sites (tertiary alicyclic amines) is 1. The van der Waals surface area contributed by atoms with Gasteiger partial charge in [-0.25, -0.2) is 0 Å². The number of aliphatic hydroxyl groups is 1. The van der Waals surface area contributed by atoms with Gasteiger partial charge in [-0.2, -0.15) is 0 Å². The van der Waals surface area contributed by atoms with Crippen molar-refractivity contribution in [1.29, 1.82) is 0 Å². The molecule has 1 fully saturated rings. The molecule has 1 aromatic heterocycles. The van der Waals surface area contributed by atoms with Crippen molar-refractivity contribution in [3.05, 3.63) is 22.4 Å². The van der Waals surface area contributed by atoms with Crippen LogP contribution in [0.15, 0.2) is 17.5 Å². The summed E-state index contributed by atoms with van der Waals surface area (Å²) < 4.78 is 0. The molecule has 4 heteroatoms. The Morgan fingerprint density at radius 3 is 3.12 bits per heavy atom. The van der Waals surface area contributed by atoms with Crippen LogP contribution in [0.3, 0.4) is 0 Å². The predicted octanol–water partition coefficient (Wildman–Crippen LogP) is 2.13. The molecule has 88 valence electrons. The standard InChI is InChI=1S/C12H17NO2S/c14-8-6-10-4-1-2-7-13(10)12(15)11-5-3-9-16-11/h3,5,9-10,14H,1-2,4,6-8H2. The van der Waals surface area contributed by atoms with Gasteiger partial charge in [0.2, 0.25) is 0 Å². The Labute approximate surface area is 99.7 Å². The average molecular weight is 239 g/mol. The molecule has 1 amide bonds. The third-order valence-electron chi connectivity index (χ3n) is 3.08. The van der Waals surface area contributed by atoms with E-state index in [1.807, 2.05) is 22.4 Å². The number of carbonyl (C=O) groups is 1. The number of hydrogen-bond acceptors (Lipinski definition) is 3. The first-order chi connectivity index (χ1) is 7.83. The Kier molecular flexibility index (Phi) is 3.96. The molecule has 1 aliphatic rings. The molecule has 0 saturated carbocycles. The van der Waals surface area contributed by atoms with Gasteiger partial charge < -0.3 is 10.0 Å². The van der Waals surface area contributed by atoms with Crippen LogP contribution in [0, 0.1) is 0 Å². The van der Waals surface area contributed by atoms with Gasteiger partial charge in [0.05, 0.1) is 4.88 Å². The van der Waals surface area contributed by atoms with Crippen molar-refractivity contribution in [3.8, 4) is 0 Å². The lowest BCUT2D eigenvalue weighted by atomic mass is 9.99. The summed E-state index contributed by atoms with van der Waals surface area (Å²) in [4.78, 5) is 14.9. The topological polar surface area (TPSA) is 40.5 Å². The highest BCUT2D eigenvalue weighted by molar-refractivity contribution is 7.12. The number of aliphatic hydroxyl groups excluding tert-OH is 1. The largest absolute Gasteiger partial charge is 0.396 e. The Morgan fingerprint density at radius 1 is 1.56 bits per heavy atom. The summed E-state index contributed by atoms with van der Waals surface area (Å²) in [6, 6.07) is 4.01. The minimum atomic E-state index is 0.133. The van der Waals surface area contributed by atoms with E-state index in [0.29, 0.717) is 6.42 Å². The van der Waals surface area contributed by atoms with Gasteiger partial charge in [0.25, 0.3) is 5.91 Å². The molecule has 1 aromatic rings. The van der Waals surface area contributed by atoms with E-state index < -0.39 is 0 Å². The van der Waals surface area contributed by atoms with Gasteiger partial charge >= 0.3 is 0 Å². The second kappa shape index (κ2) is 5.46. The minimum absolute atomic E-state index is 0.133. The highest BCUT2D eigenvalue weighted by Gasteiger charge is 2.27. The summed E-state index contributed by atoms with van der Waals surface area (Å²) in [5.74, 6) is 0.133. The van der Waals surface area contributed by atoms with Crippen molar-refractivity contribution < 1.29 is 9.90 Å². The summed E-state index contributed by atoms with van der Waals surface area (Å²) in [5.41, 5.74) is 0. The molecule has 1 aliphatic heterocycles. The molecule has 16 heavy (non-hydrogen) atoms. The number of thiophene rings is 1. The fourth-order valence-electron chi connectivity index (χ4n) is 2.26. The minimum Gasteiger partial charge on any atom is -0.396 e. The van der Waals surface area contributed by atoms with Gasteiger partial charge in [0.15, 0.2) is 0 Å². The van der Waals surface area contributed by atoms with E-state index in [4.69, 9.17) is 5.11 Å². The normalized spacial score (nSPS) is 21.1. The van der Waals surface area contributed by atoms with Crippen molar-refractivity contribution in [3.63, 3.8) is 0 Å². The van der Waals surface area contributed by atoms with Crippen LogP contribution in [-0.4, -0.2) is 35.1 Å². The molecule has 1 unspecified atom stereocenters. The molecule has 0 aliphatic carbocycles. The molecule has 0 bridgehead atoms. The Hall–Kier alpha value is -0.870. The van der Waals surface area contributed by atoms with Crippen LogP contribution in [-0.2, 0) is 0 Å². The summed E-state index contributed by atoms with van der Waals surface area (Å²) in [6.45, 7) is 1.00. The first kappa shape index (κ1) is 11.6. The van der Waals surface area contributed by atoms with Gasteiger partial charge in [-0.05, 0) is 37.1 Å². The maximum Gasteiger partial charge on any atom is 0.264 e. The van der Waals surface area contributed by atoms with Crippen molar-refractivity contribution in [2.24, 2.45) is 0 Å². The monoisotopic (exact) mass is 239 g/mol. The van der Waals surface area contributed by atoms with E-state index >= 15 is 0 Å². The molecule has 1 atom stereocenters. The molecule has 1 saturated heterocycles. The molecule has 0 spiro atoms. The quantitative estimate of drug-likeness (QED) is 0.877. The smallest absolute Gasteiger partial charge is 0.264 e. The van der Waals surface area contributed by atoms with Crippen molar-refractivity contribution >= 4 is 17.2 Å². The SMILES string of the molecule is O=C(c1cccs1)N1CCCCC1CCO. The van der Waals surface area contributed by atoms with Crippen LogP contribution >= 0.6 is 11.3 Å². The molecule has 2 heterocycles. The molecule has 0 aromatic carbocycles. The fraction of sp³-hybridized carbons (Fsp3) is 0.583. The summed E-state index contributed by atoms with van der Waals surface area (Å²) in [6.07, 6.45) is 3.98. The lowest BCUT2D eigenvalue weighted by molar-refractivity contribution is 0.0579. The second-order valence-electron chi connectivity index (χ2n) is 4.14. The first-order valence-corrected chi connectivity index (χ1v) is 6.66. The fourth-order valence-corrected chi connectivity index (χ4v) is 2.94. The van der Waals surface area contributed by atoms with Crippen LogP contribution in [0.4, 0.5) is 0 Å². The Morgan fingerprint density at radius 2 is 2.44 bits per heavy atom. The van der Waals surface area contributed by atoms with E-state index in [9.17, 15) is 4.79 Å². The number of carbonyl (C=O) groups excluding carboxylic acids is 1. The third-order valence-corrected chi connectivity index (χ3v) is 3.94. The highest BCUT2D eigenvalue weighted by Crippen LogP contribution is 2.23. The van der Waals surface area contributed by atoms with E-state index in [0.717, 1.165) is 24.3 Å². The van der Waals surface area contributed by atoms with Crippen molar-refractivity contribution in [2.75, 3.05) is 13.2 Å². The van der Waals surface area contributed by atoms with Crippen LogP contribution in [0.1, 0.15) is 35.4 Å². The highest BCUT2D eigenvalue weighted by atomic mass is 32.1. The molecule has 1 N–H and O–H groups in total. The lowest BCUT2D eigenvalue weighted by Crippen LogP contribution is -2.43. The van der Waals surface area contributed by atoms with Crippen LogP contribution in [0.5, 0.6) is 0 Å². The Bertz CT molecular complexity index is 335. The third kappa shape index (κ3) is 2.44. The second-order valence-corrected chi connectivity index (χ2v) is 5.09. The number of nitrogens with zero attached hydrogens (tertiary/aromatic N) is 1. The van der Waals surface area contributed by atoms with Gasteiger partial charge in [0, 0.05) is 19.2 Å². The van der Waals surface area contributed by atoms with Crippen LogP contribution in [0.25, 0.3) is 0 Å². The van der Waals surface area contributed by atoms with Crippen LogP contribution in [0.2, 0.25) is 0 Å². The number of amides is 1. The number of rotatable bonds is 3. The number of hydrogen-bond donors (Lipinski definition) is 1. The summed E-state index contributed by atoms with van der Waals surface area (Å²) >= 11 is 1.49. The zero-order chi connectivity index (χ0) is 11.4. The first-order valence-electron chi connectivity index (χ1n) is 5.78. The molecular formula is C12H17NO2S. The zero-order valence-corrected chi connectivity index (χ0v) is 10.1. The van der Waals surface area contributed by atoms with Gasteiger partial charge in [-0.3, -0.25) is 4.79 Å². The summed E-state index contributed by atoms with van der Waals surface area (Å²) in [7, 11) is 0. The summed E-state index contributed by atoms with van der Waals surface area (Å²) in [5, 5.41) is 10.9. The number of piperidine rings is 1. The molecule has 2 rings (SSSR count). The van der Waals surface area contributed by atoms with Gasteiger partial charge in [0.1, 0.15) is 0 Å². The predicted molar refractivity (Wildman–Crippen MR) is 64.7 cm³/mol. The Balaban J connectivity index is 2.08. The van der Waals surface area contributed by atoms with Crippen molar-refractivity contribution in [1.82, 2.24) is 4.90 Å². The van der Waals surface area contributed by atoms with Gasteiger partial charge in [-0.1, -0.05) is 6.07 Å². The van der Waals surface area contributed by atoms with E-state index in [2.05, 4.69) is 0 Å². The lowest BCUT2D eigenvalue weighted by Gasteiger charge is -2.35. The van der Waals surface area contributed by atoms with E-state index in [1.165, 1.54) is 17.8 Å². The van der Waals surface area contributed by atoms with Crippen LogP contribution < -0.4 is 0 Å². The molecule has 3 nitrogen and oxygen atoms in total. The maximum absolute atomic E-state index is 12.2. The maximum atomic E-state index is 12.2. The van der Waals surface area contributed by atoms with E-state index in [1.54, 1.807) is 0 Å². The molecule has 0 radical (unpaired) electrons. The van der Waals surface area contributed by atoms with Crippen molar-refractivity contribution in [2.45, 2.75) is 31.7 Å². The zero-order valence-electron chi connectivity index (χ0n) is 9.26. The molecular weight excluding hydrogens is 222 g/mol.